The van der Waals surface area contributed by atoms with Crippen LogP contribution in [0.4, 0.5) is 10.5 Å². The highest BCUT2D eigenvalue weighted by Gasteiger charge is 2.26. The molecule has 4 aromatic rings. The summed E-state index contributed by atoms with van der Waals surface area (Å²) in [7, 11) is 1.97. The molecule has 0 aliphatic rings. The van der Waals surface area contributed by atoms with Crippen LogP contribution in [0.25, 0.3) is 21.8 Å². The first-order chi connectivity index (χ1) is 15.2. The first-order valence-corrected chi connectivity index (χ1v) is 10.6. The molecule has 0 fully saturated rings. The van der Waals surface area contributed by atoms with Crippen molar-refractivity contribution in [1.82, 2.24) is 14.9 Å². The van der Waals surface area contributed by atoms with Gasteiger partial charge in [-0.1, -0.05) is 18.2 Å². The Bertz CT molecular complexity index is 1280. The molecule has 2 amide bonds. The van der Waals surface area contributed by atoms with E-state index in [0.717, 1.165) is 27.4 Å². The monoisotopic (exact) mass is 432 g/mol. The van der Waals surface area contributed by atoms with E-state index in [2.05, 4.69) is 15.6 Å². The molecule has 0 aliphatic heterocycles. The highest BCUT2D eigenvalue weighted by atomic mass is 16.6. The summed E-state index contributed by atoms with van der Waals surface area (Å²) in [6.07, 6.45) is 3.55. The SMILES string of the molecule is Cn1cc(CC(NC(=O)OC(C)(C)C)C(=O)Nc2ccc3[nH]ccc3c2)c2ccccc21. The number of nitrogens with zero attached hydrogens (tertiary/aromatic N) is 1. The van der Waals surface area contributed by atoms with E-state index in [9.17, 15) is 9.59 Å². The normalized spacial score (nSPS) is 12.6. The number of ether oxygens (including phenoxy) is 1. The van der Waals surface area contributed by atoms with Crippen LogP contribution in [0, 0.1) is 0 Å². The second kappa shape index (κ2) is 8.42. The lowest BCUT2D eigenvalue weighted by Crippen LogP contribution is -2.47. The van der Waals surface area contributed by atoms with Gasteiger partial charge in [-0.05, 0) is 56.7 Å². The van der Waals surface area contributed by atoms with Gasteiger partial charge in [-0.3, -0.25) is 4.79 Å². The van der Waals surface area contributed by atoms with Crippen molar-refractivity contribution in [3.05, 3.63) is 66.5 Å². The van der Waals surface area contributed by atoms with Crippen LogP contribution in [0.1, 0.15) is 26.3 Å². The number of carbonyl (C=O) groups is 2. The van der Waals surface area contributed by atoms with Crippen molar-refractivity contribution in [3.63, 3.8) is 0 Å². The van der Waals surface area contributed by atoms with Crippen LogP contribution in [-0.4, -0.2) is 33.2 Å². The predicted molar refractivity (Wildman–Crippen MR) is 127 cm³/mol. The number of hydrogen-bond donors (Lipinski definition) is 3. The van der Waals surface area contributed by atoms with Crippen molar-refractivity contribution in [1.29, 1.82) is 0 Å². The van der Waals surface area contributed by atoms with Gasteiger partial charge in [0.25, 0.3) is 0 Å². The third-order valence-corrected chi connectivity index (χ3v) is 5.23. The summed E-state index contributed by atoms with van der Waals surface area (Å²) in [4.78, 5) is 28.9. The van der Waals surface area contributed by atoms with Crippen molar-refractivity contribution in [2.75, 3.05) is 5.32 Å². The number of H-pyrrole nitrogens is 1. The summed E-state index contributed by atoms with van der Waals surface area (Å²) in [6.45, 7) is 5.37. The zero-order chi connectivity index (χ0) is 22.9. The van der Waals surface area contributed by atoms with Crippen molar-refractivity contribution in [2.45, 2.75) is 38.8 Å². The molecular weight excluding hydrogens is 404 g/mol. The Morgan fingerprint density at radius 2 is 1.91 bits per heavy atom. The van der Waals surface area contributed by atoms with Crippen LogP contribution in [0.2, 0.25) is 0 Å². The Morgan fingerprint density at radius 3 is 2.69 bits per heavy atom. The molecule has 4 rings (SSSR count). The van der Waals surface area contributed by atoms with Gasteiger partial charge in [0.1, 0.15) is 11.6 Å². The first kappa shape index (κ1) is 21.5. The molecule has 1 atom stereocenters. The highest BCUT2D eigenvalue weighted by Crippen LogP contribution is 2.23. The first-order valence-electron chi connectivity index (χ1n) is 10.6. The standard InChI is InChI=1S/C25H28N4O3/c1-25(2,3)32-24(31)28-21(14-17-15-29(4)22-8-6-5-7-19(17)22)23(30)27-18-9-10-20-16(13-18)11-12-26-20/h5-13,15,21,26H,14H2,1-4H3,(H,27,30)(H,28,31). The summed E-state index contributed by atoms with van der Waals surface area (Å²) in [6, 6.07) is 14.8. The summed E-state index contributed by atoms with van der Waals surface area (Å²) < 4.78 is 7.43. The molecular formula is C25H28N4O3. The number of aryl methyl sites for hydroxylation is 1. The Morgan fingerprint density at radius 1 is 1.12 bits per heavy atom. The molecule has 7 heteroatoms. The summed E-state index contributed by atoms with van der Waals surface area (Å²) in [5.41, 5.74) is 3.03. The molecule has 32 heavy (non-hydrogen) atoms. The van der Waals surface area contributed by atoms with Crippen LogP contribution in [0.15, 0.2) is 60.9 Å². The third kappa shape index (κ3) is 4.77. The van der Waals surface area contributed by atoms with E-state index >= 15 is 0 Å². The van der Waals surface area contributed by atoms with Crippen molar-refractivity contribution >= 4 is 39.5 Å². The second-order valence-corrected chi connectivity index (χ2v) is 8.95. The number of fused-ring (bicyclic) bond motifs is 2. The molecule has 0 saturated heterocycles. The Labute approximate surface area is 186 Å². The molecule has 7 nitrogen and oxygen atoms in total. The number of nitrogens with one attached hydrogen (secondary N) is 3. The molecule has 0 radical (unpaired) electrons. The van der Waals surface area contributed by atoms with E-state index in [0.29, 0.717) is 12.1 Å². The molecule has 0 aliphatic carbocycles. The second-order valence-electron chi connectivity index (χ2n) is 8.95. The number of alkyl carbamates (subject to hydrolysis) is 1. The zero-order valence-corrected chi connectivity index (χ0v) is 18.7. The molecule has 2 aromatic carbocycles. The van der Waals surface area contributed by atoms with Gasteiger partial charge in [-0.15, -0.1) is 0 Å². The van der Waals surface area contributed by atoms with E-state index in [-0.39, 0.29) is 5.91 Å². The van der Waals surface area contributed by atoms with E-state index < -0.39 is 17.7 Å². The lowest BCUT2D eigenvalue weighted by atomic mass is 10.0. The van der Waals surface area contributed by atoms with Crippen LogP contribution in [-0.2, 0) is 23.0 Å². The van der Waals surface area contributed by atoms with Gasteiger partial charge in [0.15, 0.2) is 0 Å². The maximum absolute atomic E-state index is 13.2. The quantitative estimate of drug-likeness (QED) is 0.426. The van der Waals surface area contributed by atoms with Crippen molar-refractivity contribution in [2.24, 2.45) is 7.05 Å². The topological polar surface area (TPSA) is 88.2 Å². The van der Waals surface area contributed by atoms with Gasteiger partial charge in [-0.25, -0.2) is 4.79 Å². The fourth-order valence-corrected chi connectivity index (χ4v) is 3.83. The summed E-state index contributed by atoms with van der Waals surface area (Å²) in [5.74, 6) is -0.307. The molecule has 0 saturated carbocycles. The van der Waals surface area contributed by atoms with E-state index in [4.69, 9.17) is 4.74 Å². The molecule has 2 aromatic heterocycles. The predicted octanol–water partition coefficient (Wildman–Crippen LogP) is 4.73. The van der Waals surface area contributed by atoms with E-state index in [1.165, 1.54) is 0 Å². The summed E-state index contributed by atoms with van der Waals surface area (Å²) in [5, 5.41) is 7.74. The number of anilines is 1. The number of rotatable bonds is 5. The smallest absolute Gasteiger partial charge is 0.408 e. The van der Waals surface area contributed by atoms with Crippen LogP contribution in [0.3, 0.4) is 0 Å². The van der Waals surface area contributed by atoms with E-state index in [1.54, 1.807) is 20.8 Å². The summed E-state index contributed by atoms with van der Waals surface area (Å²) >= 11 is 0. The van der Waals surface area contributed by atoms with Gasteiger partial charge in [-0.2, -0.15) is 0 Å². The molecule has 1 unspecified atom stereocenters. The number of hydrogen-bond acceptors (Lipinski definition) is 3. The number of aromatic amines is 1. The molecule has 166 valence electrons. The number of amides is 2. The van der Waals surface area contributed by atoms with Crippen LogP contribution in [0.5, 0.6) is 0 Å². The highest BCUT2D eigenvalue weighted by molar-refractivity contribution is 5.99. The van der Waals surface area contributed by atoms with E-state index in [1.807, 2.05) is 72.5 Å². The van der Waals surface area contributed by atoms with Gasteiger partial charge < -0.3 is 24.9 Å². The number of carbonyl (C=O) groups excluding carboxylic acids is 2. The van der Waals surface area contributed by atoms with Crippen LogP contribution >= 0.6 is 0 Å². The average molecular weight is 433 g/mol. The number of aromatic nitrogens is 2. The lowest BCUT2D eigenvalue weighted by Gasteiger charge is -2.23. The van der Waals surface area contributed by atoms with Gasteiger partial charge in [0.2, 0.25) is 5.91 Å². The lowest BCUT2D eigenvalue weighted by molar-refractivity contribution is -0.118. The Balaban J connectivity index is 1.59. The van der Waals surface area contributed by atoms with Gasteiger partial charge in [0.05, 0.1) is 0 Å². The molecule has 3 N–H and O–H groups in total. The number of para-hydroxylation sites is 1. The minimum atomic E-state index is -0.808. The fourth-order valence-electron chi connectivity index (χ4n) is 3.83. The van der Waals surface area contributed by atoms with Gasteiger partial charge in [0, 0.05) is 53.4 Å². The van der Waals surface area contributed by atoms with Crippen molar-refractivity contribution in [3.8, 4) is 0 Å². The maximum Gasteiger partial charge on any atom is 0.408 e. The molecule has 2 heterocycles. The largest absolute Gasteiger partial charge is 0.444 e. The fraction of sp³-hybridized carbons (Fsp3) is 0.280. The zero-order valence-electron chi connectivity index (χ0n) is 18.7. The minimum absolute atomic E-state index is 0.307. The Hall–Kier alpha value is -3.74. The van der Waals surface area contributed by atoms with Gasteiger partial charge >= 0.3 is 6.09 Å². The van der Waals surface area contributed by atoms with Crippen LogP contribution < -0.4 is 10.6 Å². The minimum Gasteiger partial charge on any atom is -0.444 e. The molecule has 0 spiro atoms. The third-order valence-electron chi connectivity index (χ3n) is 5.23. The Kier molecular flexibility index (Phi) is 5.65. The number of benzene rings is 2. The average Bonchev–Trinajstić information content (AvgIpc) is 3.30. The van der Waals surface area contributed by atoms with Crippen molar-refractivity contribution < 1.29 is 14.3 Å². The molecule has 0 bridgehead atoms. The maximum atomic E-state index is 13.2.